The molecule has 0 spiro atoms. The summed E-state index contributed by atoms with van der Waals surface area (Å²) in [5, 5.41) is 11.7. The van der Waals surface area contributed by atoms with E-state index >= 15 is 0 Å². The summed E-state index contributed by atoms with van der Waals surface area (Å²) in [6.45, 7) is -0.0136. The third-order valence-corrected chi connectivity index (χ3v) is 4.09. The largest absolute Gasteiger partial charge is 0.497 e. The van der Waals surface area contributed by atoms with Crippen LogP contribution in [-0.2, 0) is 11.3 Å². The second kappa shape index (κ2) is 7.46. The van der Waals surface area contributed by atoms with E-state index < -0.39 is 5.91 Å². The number of anilines is 2. The number of aromatic nitrogens is 6. The van der Waals surface area contributed by atoms with Gasteiger partial charge >= 0.3 is 0 Å². The number of ether oxygens (including phenoxy) is 2. The van der Waals surface area contributed by atoms with E-state index in [-0.39, 0.29) is 6.54 Å². The van der Waals surface area contributed by atoms with Crippen LogP contribution in [0.2, 0.25) is 0 Å². The molecule has 3 N–H and O–H groups in total. The fraction of sp³-hybridized carbons (Fsp3) is 0.167. The van der Waals surface area contributed by atoms with Crippen molar-refractivity contribution in [3.05, 3.63) is 43.0 Å². The summed E-state index contributed by atoms with van der Waals surface area (Å²) in [5.41, 5.74) is 7.72. The summed E-state index contributed by atoms with van der Waals surface area (Å²) in [7, 11) is 3.16. The SMILES string of the molecule is COc1cc(Nc2nc3c(-c4cnn(CC(N)=O)c4)nccn3n2)cc(OC)c1. The molecule has 4 aromatic rings. The third-order valence-electron chi connectivity index (χ3n) is 4.09. The van der Waals surface area contributed by atoms with Gasteiger partial charge in [-0.2, -0.15) is 10.1 Å². The van der Waals surface area contributed by atoms with E-state index in [0.29, 0.717) is 40.0 Å². The van der Waals surface area contributed by atoms with Gasteiger partial charge in [0.15, 0.2) is 5.65 Å². The Balaban J connectivity index is 1.68. The molecule has 0 bridgehead atoms. The van der Waals surface area contributed by atoms with Crippen LogP contribution in [0, 0.1) is 0 Å². The minimum absolute atomic E-state index is 0.0136. The first-order chi connectivity index (χ1) is 14.1. The minimum atomic E-state index is -0.478. The Morgan fingerprint density at radius 2 is 1.97 bits per heavy atom. The average Bonchev–Trinajstić information content (AvgIpc) is 3.33. The Kier molecular flexibility index (Phi) is 4.69. The molecule has 0 atom stereocenters. The second-order valence-electron chi connectivity index (χ2n) is 6.10. The van der Waals surface area contributed by atoms with Gasteiger partial charge in [-0.1, -0.05) is 0 Å². The van der Waals surface area contributed by atoms with E-state index in [2.05, 4.69) is 25.5 Å². The fourth-order valence-electron chi connectivity index (χ4n) is 2.81. The second-order valence-corrected chi connectivity index (χ2v) is 6.10. The van der Waals surface area contributed by atoms with Crippen LogP contribution >= 0.6 is 0 Å². The molecule has 3 heterocycles. The van der Waals surface area contributed by atoms with Crippen LogP contribution in [-0.4, -0.2) is 49.5 Å². The van der Waals surface area contributed by atoms with Crippen molar-refractivity contribution >= 4 is 23.2 Å². The quantitative estimate of drug-likeness (QED) is 0.478. The number of nitrogens with one attached hydrogen (secondary N) is 1. The summed E-state index contributed by atoms with van der Waals surface area (Å²) >= 11 is 0. The topological polar surface area (TPSA) is 134 Å². The third kappa shape index (κ3) is 3.78. The molecule has 0 aliphatic heterocycles. The Hall–Kier alpha value is -4.15. The van der Waals surface area contributed by atoms with E-state index in [1.165, 1.54) is 4.68 Å². The molecule has 1 aromatic carbocycles. The van der Waals surface area contributed by atoms with Crippen molar-refractivity contribution in [1.82, 2.24) is 29.4 Å². The molecule has 0 aliphatic rings. The molecular weight excluding hydrogens is 376 g/mol. The Labute approximate surface area is 165 Å². The van der Waals surface area contributed by atoms with Crippen LogP contribution in [0.4, 0.5) is 11.6 Å². The Morgan fingerprint density at radius 3 is 2.66 bits per heavy atom. The van der Waals surface area contributed by atoms with Crippen LogP contribution in [0.15, 0.2) is 43.0 Å². The Bertz CT molecular complexity index is 1160. The molecule has 11 heteroatoms. The van der Waals surface area contributed by atoms with Gasteiger partial charge < -0.3 is 20.5 Å². The number of nitrogens with two attached hydrogens (primary N) is 1. The van der Waals surface area contributed by atoms with Crippen molar-refractivity contribution in [2.24, 2.45) is 5.73 Å². The number of rotatable bonds is 7. The lowest BCUT2D eigenvalue weighted by Gasteiger charge is -2.08. The standard InChI is InChI=1S/C18H18N8O3/c1-28-13-5-12(6-14(7-13)29-2)22-18-23-17-16(20-3-4-26(17)24-18)11-8-21-25(9-11)10-15(19)27/h3-9H,10H2,1-2H3,(H2,19,27)(H,22,24). The van der Waals surface area contributed by atoms with E-state index in [1.807, 2.05) is 0 Å². The van der Waals surface area contributed by atoms with Crippen LogP contribution in [0.1, 0.15) is 0 Å². The number of carbonyl (C=O) groups is 1. The van der Waals surface area contributed by atoms with Crippen molar-refractivity contribution < 1.29 is 14.3 Å². The molecule has 0 saturated heterocycles. The van der Waals surface area contributed by atoms with Gasteiger partial charge in [0, 0.05) is 48.0 Å². The molecule has 29 heavy (non-hydrogen) atoms. The normalized spacial score (nSPS) is 10.8. The first-order valence-corrected chi connectivity index (χ1v) is 8.58. The van der Waals surface area contributed by atoms with E-state index in [0.717, 1.165) is 0 Å². The number of methoxy groups -OCH3 is 2. The number of hydrogen-bond donors (Lipinski definition) is 2. The summed E-state index contributed by atoms with van der Waals surface area (Å²) in [5.74, 6) is 1.17. The molecule has 1 amide bonds. The summed E-state index contributed by atoms with van der Waals surface area (Å²) in [6, 6.07) is 5.39. The maximum Gasteiger partial charge on any atom is 0.247 e. The minimum Gasteiger partial charge on any atom is -0.497 e. The molecule has 11 nitrogen and oxygen atoms in total. The van der Waals surface area contributed by atoms with Crippen molar-refractivity contribution in [2.45, 2.75) is 6.54 Å². The number of hydrogen-bond acceptors (Lipinski definition) is 8. The van der Waals surface area contributed by atoms with Gasteiger partial charge in [-0.25, -0.2) is 4.52 Å². The number of amides is 1. The predicted octanol–water partition coefficient (Wildman–Crippen LogP) is 1.23. The number of benzene rings is 1. The lowest BCUT2D eigenvalue weighted by atomic mass is 10.2. The fourth-order valence-corrected chi connectivity index (χ4v) is 2.81. The van der Waals surface area contributed by atoms with Crippen LogP contribution < -0.4 is 20.5 Å². The molecule has 0 unspecified atom stereocenters. The highest BCUT2D eigenvalue weighted by atomic mass is 16.5. The van der Waals surface area contributed by atoms with Crippen molar-refractivity contribution in [1.29, 1.82) is 0 Å². The maximum atomic E-state index is 11.1. The number of primary amides is 1. The van der Waals surface area contributed by atoms with Gasteiger partial charge in [-0.3, -0.25) is 14.5 Å². The molecule has 148 valence electrons. The van der Waals surface area contributed by atoms with Crippen molar-refractivity contribution in [2.75, 3.05) is 19.5 Å². The highest BCUT2D eigenvalue weighted by molar-refractivity contribution is 5.75. The zero-order chi connectivity index (χ0) is 20.4. The number of fused-ring (bicyclic) bond motifs is 1. The van der Waals surface area contributed by atoms with Crippen molar-refractivity contribution in [3.63, 3.8) is 0 Å². The number of carbonyl (C=O) groups excluding carboxylic acids is 1. The average molecular weight is 394 g/mol. The van der Waals surface area contributed by atoms with Gasteiger partial charge in [0.05, 0.1) is 20.4 Å². The molecule has 0 aliphatic carbocycles. The molecular formula is C18H18N8O3. The van der Waals surface area contributed by atoms with E-state index in [9.17, 15) is 4.79 Å². The van der Waals surface area contributed by atoms with E-state index in [1.54, 1.807) is 61.7 Å². The molecule has 4 rings (SSSR count). The van der Waals surface area contributed by atoms with E-state index in [4.69, 9.17) is 15.2 Å². The van der Waals surface area contributed by atoms with Gasteiger partial charge in [-0.15, -0.1) is 5.10 Å². The summed E-state index contributed by atoms with van der Waals surface area (Å²) in [4.78, 5) is 20.0. The first-order valence-electron chi connectivity index (χ1n) is 8.58. The van der Waals surface area contributed by atoms with Crippen molar-refractivity contribution in [3.8, 4) is 22.8 Å². The maximum absolute atomic E-state index is 11.1. The predicted molar refractivity (Wildman–Crippen MR) is 104 cm³/mol. The molecule has 0 saturated carbocycles. The highest BCUT2D eigenvalue weighted by Gasteiger charge is 2.14. The van der Waals surface area contributed by atoms with Crippen LogP contribution in [0.3, 0.4) is 0 Å². The summed E-state index contributed by atoms with van der Waals surface area (Å²) < 4.78 is 13.6. The van der Waals surface area contributed by atoms with Gasteiger partial charge in [0.1, 0.15) is 23.7 Å². The Morgan fingerprint density at radius 1 is 1.21 bits per heavy atom. The zero-order valence-corrected chi connectivity index (χ0v) is 15.7. The monoisotopic (exact) mass is 394 g/mol. The van der Waals surface area contributed by atoms with Gasteiger partial charge in [0.2, 0.25) is 11.9 Å². The molecule has 3 aromatic heterocycles. The van der Waals surface area contributed by atoms with Gasteiger partial charge in [-0.05, 0) is 0 Å². The number of nitrogens with zero attached hydrogens (tertiary/aromatic N) is 6. The first kappa shape index (κ1) is 18.2. The van der Waals surface area contributed by atoms with Gasteiger partial charge in [0.25, 0.3) is 0 Å². The smallest absolute Gasteiger partial charge is 0.247 e. The van der Waals surface area contributed by atoms with Crippen LogP contribution in [0.5, 0.6) is 11.5 Å². The highest BCUT2D eigenvalue weighted by Crippen LogP contribution is 2.28. The zero-order valence-electron chi connectivity index (χ0n) is 15.7. The lowest BCUT2D eigenvalue weighted by molar-refractivity contribution is -0.118. The summed E-state index contributed by atoms with van der Waals surface area (Å²) in [6.07, 6.45) is 6.58. The molecule has 0 fully saturated rings. The molecule has 0 radical (unpaired) electrons. The lowest BCUT2D eigenvalue weighted by Crippen LogP contribution is -2.18. The van der Waals surface area contributed by atoms with Crippen LogP contribution in [0.25, 0.3) is 16.9 Å².